The summed E-state index contributed by atoms with van der Waals surface area (Å²) in [4.78, 5) is 2.49. The van der Waals surface area contributed by atoms with Crippen molar-refractivity contribution >= 4 is 0 Å². The Labute approximate surface area is 137 Å². The van der Waals surface area contributed by atoms with Crippen molar-refractivity contribution in [2.75, 3.05) is 32.8 Å². The van der Waals surface area contributed by atoms with E-state index in [1.807, 2.05) is 24.3 Å². The number of hydrogen-bond acceptors (Lipinski definition) is 4. The van der Waals surface area contributed by atoms with Crippen molar-refractivity contribution < 1.29 is 9.47 Å². The number of nitrogens with zero attached hydrogens (tertiary/aromatic N) is 1. The van der Waals surface area contributed by atoms with E-state index < -0.39 is 0 Å². The zero-order chi connectivity index (χ0) is 15.5. The number of benzene rings is 2. The molecule has 0 aromatic heterocycles. The van der Waals surface area contributed by atoms with E-state index in [9.17, 15) is 0 Å². The van der Waals surface area contributed by atoms with Crippen LogP contribution in [0.25, 0.3) is 0 Å². The third-order valence-corrected chi connectivity index (χ3v) is 4.48. The lowest BCUT2D eigenvalue weighted by molar-refractivity contribution is 0.0913. The van der Waals surface area contributed by atoms with E-state index in [0.717, 1.165) is 44.2 Å². The zero-order valence-corrected chi connectivity index (χ0v) is 13.2. The third-order valence-electron chi connectivity index (χ3n) is 4.48. The van der Waals surface area contributed by atoms with E-state index >= 15 is 0 Å². The average Bonchev–Trinajstić information content (AvgIpc) is 2.63. The van der Waals surface area contributed by atoms with E-state index in [2.05, 4.69) is 34.5 Å². The van der Waals surface area contributed by atoms with Gasteiger partial charge in [-0.2, -0.15) is 0 Å². The molecule has 4 nitrogen and oxygen atoms in total. The van der Waals surface area contributed by atoms with Gasteiger partial charge in [-0.3, -0.25) is 4.90 Å². The van der Waals surface area contributed by atoms with Crippen LogP contribution >= 0.6 is 0 Å². The first kappa shape index (κ1) is 14.5. The number of fused-ring (bicyclic) bond motifs is 1. The highest BCUT2D eigenvalue weighted by Crippen LogP contribution is 2.35. The summed E-state index contributed by atoms with van der Waals surface area (Å²) in [6, 6.07) is 16.6. The lowest BCUT2D eigenvalue weighted by atomic mass is 10.1. The van der Waals surface area contributed by atoms with Crippen LogP contribution in [0.1, 0.15) is 17.2 Å². The minimum absolute atomic E-state index is 0.0295. The molecule has 0 aliphatic carbocycles. The van der Waals surface area contributed by atoms with Gasteiger partial charge in [0, 0.05) is 32.7 Å². The molecule has 23 heavy (non-hydrogen) atoms. The number of ether oxygens (including phenoxy) is 2. The molecular formula is C19H22N2O2. The van der Waals surface area contributed by atoms with Crippen LogP contribution in [-0.2, 0) is 6.54 Å². The molecule has 2 aliphatic heterocycles. The van der Waals surface area contributed by atoms with Crippen LogP contribution < -0.4 is 14.8 Å². The lowest BCUT2D eigenvalue weighted by Gasteiger charge is -2.28. The molecule has 0 spiro atoms. The van der Waals surface area contributed by atoms with Crippen LogP contribution in [0, 0.1) is 0 Å². The van der Waals surface area contributed by atoms with Gasteiger partial charge in [-0.05, 0) is 23.3 Å². The molecule has 0 unspecified atom stereocenters. The predicted molar refractivity (Wildman–Crippen MR) is 89.9 cm³/mol. The average molecular weight is 310 g/mol. The number of rotatable bonds is 3. The normalized spacial score (nSPS) is 21.1. The SMILES string of the molecule is c1ccc2c(c1)OC[C@H](c1ccc(CN3CCNCC3)cc1)O2. The molecule has 4 rings (SSSR count). The first-order valence-electron chi connectivity index (χ1n) is 8.29. The standard InChI is InChI=1S/C19H22N2O2/c1-2-4-18-17(3-1)22-14-19(23-18)16-7-5-15(6-8-16)13-21-11-9-20-10-12-21/h1-8,19-20H,9-14H2/t19-/m1/s1. The maximum absolute atomic E-state index is 6.06. The van der Waals surface area contributed by atoms with Gasteiger partial charge in [0.1, 0.15) is 6.61 Å². The highest BCUT2D eigenvalue weighted by molar-refractivity contribution is 5.41. The van der Waals surface area contributed by atoms with E-state index in [0.29, 0.717) is 6.61 Å². The van der Waals surface area contributed by atoms with Gasteiger partial charge in [0.25, 0.3) is 0 Å². The molecule has 0 radical (unpaired) electrons. The van der Waals surface area contributed by atoms with Crippen molar-refractivity contribution in [3.63, 3.8) is 0 Å². The fourth-order valence-corrected chi connectivity index (χ4v) is 3.15. The molecule has 1 saturated heterocycles. The smallest absolute Gasteiger partial charge is 0.162 e. The molecule has 0 amide bonds. The fourth-order valence-electron chi connectivity index (χ4n) is 3.15. The largest absolute Gasteiger partial charge is 0.485 e. The second-order valence-corrected chi connectivity index (χ2v) is 6.13. The summed E-state index contributed by atoms with van der Waals surface area (Å²) >= 11 is 0. The highest BCUT2D eigenvalue weighted by Gasteiger charge is 2.22. The molecule has 2 aromatic carbocycles. The quantitative estimate of drug-likeness (QED) is 0.945. The molecule has 120 valence electrons. The Morgan fingerprint density at radius 2 is 1.70 bits per heavy atom. The topological polar surface area (TPSA) is 33.7 Å². The van der Waals surface area contributed by atoms with Crippen molar-refractivity contribution in [1.29, 1.82) is 0 Å². The zero-order valence-electron chi connectivity index (χ0n) is 13.2. The third kappa shape index (κ3) is 3.33. The van der Waals surface area contributed by atoms with Gasteiger partial charge >= 0.3 is 0 Å². The Bertz CT molecular complexity index is 651. The summed E-state index contributed by atoms with van der Waals surface area (Å²) in [6.07, 6.45) is -0.0295. The van der Waals surface area contributed by atoms with Crippen molar-refractivity contribution in [3.8, 4) is 11.5 Å². The molecule has 0 saturated carbocycles. The summed E-state index contributed by atoms with van der Waals surface area (Å²) in [5.41, 5.74) is 2.52. The van der Waals surface area contributed by atoms with Crippen LogP contribution in [0.2, 0.25) is 0 Å². The molecular weight excluding hydrogens is 288 g/mol. The Morgan fingerprint density at radius 1 is 0.957 bits per heavy atom. The lowest BCUT2D eigenvalue weighted by Crippen LogP contribution is -2.42. The van der Waals surface area contributed by atoms with Crippen LogP contribution in [0.5, 0.6) is 11.5 Å². The van der Waals surface area contributed by atoms with Gasteiger partial charge < -0.3 is 14.8 Å². The maximum Gasteiger partial charge on any atom is 0.162 e. The van der Waals surface area contributed by atoms with Crippen LogP contribution in [0.3, 0.4) is 0 Å². The molecule has 2 aliphatic rings. The molecule has 2 aromatic rings. The van der Waals surface area contributed by atoms with Crippen molar-refractivity contribution in [3.05, 3.63) is 59.7 Å². The molecule has 1 atom stereocenters. The summed E-state index contributed by atoms with van der Waals surface area (Å²) < 4.78 is 11.9. The Hall–Kier alpha value is -2.04. The number of para-hydroxylation sites is 2. The monoisotopic (exact) mass is 310 g/mol. The van der Waals surface area contributed by atoms with E-state index in [1.165, 1.54) is 11.1 Å². The van der Waals surface area contributed by atoms with Gasteiger partial charge in [0.15, 0.2) is 17.6 Å². The molecule has 4 heteroatoms. The first-order valence-corrected chi connectivity index (χ1v) is 8.29. The van der Waals surface area contributed by atoms with E-state index in [1.54, 1.807) is 0 Å². The minimum Gasteiger partial charge on any atom is -0.485 e. The minimum atomic E-state index is -0.0295. The summed E-state index contributed by atoms with van der Waals surface area (Å²) in [5.74, 6) is 1.66. The molecule has 0 bridgehead atoms. The second-order valence-electron chi connectivity index (χ2n) is 6.13. The van der Waals surface area contributed by atoms with Crippen molar-refractivity contribution in [1.82, 2.24) is 10.2 Å². The van der Waals surface area contributed by atoms with Crippen molar-refractivity contribution in [2.45, 2.75) is 12.6 Å². The Balaban J connectivity index is 1.42. The number of piperazine rings is 1. The first-order chi connectivity index (χ1) is 11.4. The van der Waals surface area contributed by atoms with E-state index in [-0.39, 0.29) is 6.10 Å². The van der Waals surface area contributed by atoms with Gasteiger partial charge in [-0.15, -0.1) is 0 Å². The summed E-state index contributed by atoms with van der Waals surface area (Å²) in [5, 5.41) is 3.39. The summed E-state index contributed by atoms with van der Waals surface area (Å²) in [7, 11) is 0. The van der Waals surface area contributed by atoms with Crippen molar-refractivity contribution in [2.24, 2.45) is 0 Å². The second kappa shape index (κ2) is 6.60. The van der Waals surface area contributed by atoms with Gasteiger partial charge in [-0.25, -0.2) is 0 Å². The van der Waals surface area contributed by atoms with Gasteiger partial charge in [0.05, 0.1) is 0 Å². The number of nitrogens with one attached hydrogen (secondary N) is 1. The Morgan fingerprint density at radius 3 is 2.48 bits per heavy atom. The van der Waals surface area contributed by atoms with Crippen LogP contribution in [0.4, 0.5) is 0 Å². The predicted octanol–water partition coefficient (Wildman–Crippen LogP) is 2.60. The van der Waals surface area contributed by atoms with E-state index in [4.69, 9.17) is 9.47 Å². The molecule has 1 N–H and O–H groups in total. The molecule has 2 heterocycles. The molecule has 1 fully saturated rings. The summed E-state index contributed by atoms with van der Waals surface area (Å²) in [6.45, 7) is 6.01. The van der Waals surface area contributed by atoms with Crippen LogP contribution in [-0.4, -0.2) is 37.7 Å². The van der Waals surface area contributed by atoms with Gasteiger partial charge in [0.2, 0.25) is 0 Å². The number of hydrogen-bond donors (Lipinski definition) is 1. The highest BCUT2D eigenvalue weighted by atomic mass is 16.6. The van der Waals surface area contributed by atoms with Gasteiger partial charge in [-0.1, -0.05) is 36.4 Å². The van der Waals surface area contributed by atoms with Crippen LogP contribution in [0.15, 0.2) is 48.5 Å². The Kier molecular flexibility index (Phi) is 4.18. The maximum atomic E-state index is 6.06. The fraction of sp³-hybridized carbons (Fsp3) is 0.368.